The predicted molar refractivity (Wildman–Crippen MR) is 78.3 cm³/mol. The molecule has 2 atom stereocenters. The molecule has 102 valence electrons. The van der Waals surface area contributed by atoms with Crippen LogP contribution in [-0.4, -0.2) is 23.9 Å². The largest absolute Gasteiger partial charge is 0.486 e. The first-order valence-electron chi connectivity index (χ1n) is 6.63. The van der Waals surface area contributed by atoms with Crippen molar-refractivity contribution in [1.29, 1.82) is 0 Å². The number of rotatable bonds is 5. The molecule has 0 aromatic heterocycles. The minimum absolute atomic E-state index is 0.0772. The van der Waals surface area contributed by atoms with Crippen LogP contribution in [0.2, 0.25) is 0 Å². The molecule has 0 saturated heterocycles. The summed E-state index contributed by atoms with van der Waals surface area (Å²) in [6.45, 7) is 3.97. The van der Waals surface area contributed by atoms with Crippen molar-refractivity contribution in [2.45, 2.75) is 26.0 Å². The summed E-state index contributed by atoms with van der Waals surface area (Å²) >= 11 is 0. The predicted octanol–water partition coefficient (Wildman–Crippen LogP) is 2.56. The Balaban J connectivity index is 2.19. The molecule has 0 radical (unpaired) electrons. The average Bonchev–Trinajstić information content (AvgIpc) is 2.43. The first-order valence-corrected chi connectivity index (χ1v) is 6.63. The van der Waals surface area contributed by atoms with Crippen LogP contribution in [0.15, 0.2) is 42.5 Å². The first-order chi connectivity index (χ1) is 9.11. The molecule has 2 aromatic carbocycles. The Labute approximate surface area is 114 Å². The van der Waals surface area contributed by atoms with Crippen molar-refractivity contribution in [2.24, 2.45) is 11.7 Å². The lowest BCUT2D eigenvalue weighted by molar-refractivity contribution is 0.0812. The topological polar surface area (TPSA) is 55.5 Å². The van der Waals surface area contributed by atoms with Crippen LogP contribution in [0.3, 0.4) is 0 Å². The molecule has 3 N–H and O–H groups in total. The quantitative estimate of drug-likeness (QED) is 0.867. The maximum absolute atomic E-state index is 9.41. The van der Waals surface area contributed by atoms with E-state index in [1.54, 1.807) is 0 Å². The van der Waals surface area contributed by atoms with Crippen molar-refractivity contribution in [1.82, 2.24) is 0 Å². The normalized spacial score (nSPS) is 14.6. The molecular formula is C16H21NO2. The van der Waals surface area contributed by atoms with E-state index in [2.05, 4.69) is 6.07 Å². The Kier molecular flexibility index (Phi) is 4.40. The summed E-state index contributed by atoms with van der Waals surface area (Å²) in [7, 11) is 0. The monoisotopic (exact) mass is 259 g/mol. The fraction of sp³-hybridized carbons (Fsp3) is 0.375. The smallest absolute Gasteiger partial charge is 0.137 e. The molecule has 0 aliphatic heterocycles. The van der Waals surface area contributed by atoms with Crippen LogP contribution in [-0.2, 0) is 0 Å². The number of aliphatic hydroxyl groups excluding tert-OH is 1. The number of ether oxygens (including phenoxy) is 1. The Morgan fingerprint density at radius 3 is 2.42 bits per heavy atom. The Morgan fingerprint density at radius 2 is 1.79 bits per heavy atom. The van der Waals surface area contributed by atoms with E-state index < -0.39 is 0 Å². The van der Waals surface area contributed by atoms with Gasteiger partial charge in [-0.2, -0.15) is 0 Å². The number of hydrogen-bond acceptors (Lipinski definition) is 3. The standard InChI is InChI=1S/C16H21NO2/c1-11(2)16(17)15(10-18)19-14-8-7-12-5-3-4-6-13(12)9-14/h3-9,11,15-16,18H,10,17H2,1-2H3. The lowest BCUT2D eigenvalue weighted by Crippen LogP contribution is -2.45. The molecule has 0 amide bonds. The Morgan fingerprint density at radius 1 is 1.11 bits per heavy atom. The van der Waals surface area contributed by atoms with Crippen molar-refractivity contribution in [2.75, 3.05) is 6.61 Å². The lowest BCUT2D eigenvalue weighted by Gasteiger charge is -2.26. The van der Waals surface area contributed by atoms with Gasteiger partial charge in [-0.25, -0.2) is 0 Å². The molecule has 19 heavy (non-hydrogen) atoms. The number of aliphatic hydroxyl groups is 1. The highest BCUT2D eigenvalue weighted by Gasteiger charge is 2.21. The third kappa shape index (κ3) is 3.25. The van der Waals surface area contributed by atoms with Gasteiger partial charge >= 0.3 is 0 Å². The van der Waals surface area contributed by atoms with Gasteiger partial charge in [-0.15, -0.1) is 0 Å². The summed E-state index contributed by atoms with van der Waals surface area (Å²) in [4.78, 5) is 0. The molecule has 0 aliphatic carbocycles. The van der Waals surface area contributed by atoms with Crippen molar-refractivity contribution in [3.8, 4) is 5.75 Å². The van der Waals surface area contributed by atoms with E-state index in [1.165, 1.54) is 5.39 Å². The molecule has 0 spiro atoms. The SMILES string of the molecule is CC(C)C(N)C(CO)Oc1ccc2ccccc2c1. The molecule has 3 nitrogen and oxygen atoms in total. The van der Waals surface area contributed by atoms with E-state index in [1.807, 2.05) is 50.2 Å². The number of benzene rings is 2. The molecule has 2 unspecified atom stereocenters. The number of hydrogen-bond donors (Lipinski definition) is 2. The minimum Gasteiger partial charge on any atom is -0.486 e. The summed E-state index contributed by atoms with van der Waals surface area (Å²) in [5, 5.41) is 11.7. The van der Waals surface area contributed by atoms with Gasteiger partial charge in [0.15, 0.2) is 0 Å². The average molecular weight is 259 g/mol. The van der Waals surface area contributed by atoms with Crippen molar-refractivity contribution < 1.29 is 9.84 Å². The minimum atomic E-state index is -0.374. The van der Waals surface area contributed by atoms with Crippen molar-refractivity contribution in [3.05, 3.63) is 42.5 Å². The summed E-state index contributed by atoms with van der Waals surface area (Å²) < 4.78 is 5.82. The van der Waals surface area contributed by atoms with E-state index in [-0.39, 0.29) is 24.7 Å². The molecule has 0 heterocycles. The fourth-order valence-corrected chi connectivity index (χ4v) is 2.08. The second-order valence-electron chi connectivity index (χ2n) is 5.17. The molecule has 2 rings (SSSR count). The first kappa shape index (κ1) is 13.8. The maximum atomic E-state index is 9.41. The van der Waals surface area contributed by atoms with Crippen molar-refractivity contribution in [3.63, 3.8) is 0 Å². The third-order valence-corrected chi connectivity index (χ3v) is 3.39. The van der Waals surface area contributed by atoms with Gasteiger partial charge in [0, 0.05) is 6.04 Å². The molecule has 2 aromatic rings. The van der Waals surface area contributed by atoms with Gasteiger partial charge in [0.1, 0.15) is 11.9 Å². The fourth-order valence-electron chi connectivity index (χ4n) is 2.08. The van der Waals surface area contributed by atoms with Crippen LogP contribution in [0.4, 0.5) is 0 Å². The van der Waals surface area contributed by atoms with Crippen LogP contribution < -0.4 is 10.5 Å². The second kappa shape index (κ2) is 6.04. The van der Waals surface area contributed by atoms with E-state index in [4.69, 9.17) is 10.5 Å². The number of fused-ring (bicyclic) bond motifs is 1. The van der Waals surface area contributed by atoms with E-state index >= 15 is 0 Å². The maximum Gasteiger partial charge on any atom is 0.137 e. The third-order valence-electron chi connectivity index (χ3n) is 3.39. The summed E-state index contributed by atoms with van der Waals surface area (Å²) in [5.74, 6) is 1.01. The van der Waals surface area contributed by atoms with Crippen LogP contribution in [0, 0.1) is 5.92 Å². The molecule has 3 heteroatoms. The Hall–Kier alpha value is -1.58. The van der Waals surface area contributed by atoms with Crippen LogP contribution in [0.25, 0.3) is 10.8 Å². The van der Waals surface area contributed by atoms with Crippen molar-refractivity contribution >= 4 is 10.8 Å². The van der Waals surface area contributed by atoms with Gasteiger partial charge in [-0.3, -0.25) is 0 Å². The van der Waals surface area contributed by atoms with Gasteiger partial charge in [-0.05, 0) is 28.8 Å². The van der Waals surface area contributed by atoms with E-state index in [9.17, 15) is 5.11 Å². The zero-order valence-corrected chi connectivity index (χ0v) is 11.4. The Bertz CT molecular complexity index is 539. The molecule has 0 saturated carbocycles. The van der Waals surface area contributed by atoms with Crippen LogP contribution in [0.1, 0.15) is 13.8 Å². The van der Waals surface area contributed by atoms with Gasteiger partial charge < -0.3 is 15.6 Å². The summed E-state index contributed by atoms with van der Waals surface area (Å²) in [6, 6.07) is 13.8. The van der Waals surface area contributed by atoms with Gasteiger partial charge in [0.25, 0.3) is 0 Å². The molecule has 0 fully saturated rings. The second-order valence-corrected chi connectivity index (χ2v) is 5.17. The molecule has 0 aliphatic rings. The van der Waals surface area contributed by atoms with Crippen LogP contribution in [0.5, 0.6) is 5.75 Å². The highest BCUT2D eigenvalue weighted by Crippen LogP contribution is 2.22. The summed E-state index contributed by atoms with van der Waals surface area (Å²) in [5.41, 5.74) is 6.05. The van der Waals surface area contributed by atoms with E-state index in [0.29, 0.717) is 0 Å². The zero-order chi connectivity index (χ0) is 13.8. The van der Waals surface area contributed by atoms with E-state index in [0.717, 1.165) is 11.1 Å². The van der Waals surface area contributed by atoms with Gasteiger partial charge in [0.2, 0.25) is 0 Å². The highest BCUT2D eigenvalue weighted by atomic mass is 16.5. The van der Waals surface area contributed by atoms with Gasteiger partial charge in [0.05, 0.1) is 6.61 Å². The van der Waals surface area contributed by atoms with Gasteiger partial charge in [-0.1, -0.05) is 44.2 Å². The summed E-state index contributed by atoms with van der Waals surface area (Å²) in [6.07, 6.45) is -0.374. The number of nitrogens with two attached hydrogens (primary N) is 1. The lowest BCUT2D eigenvalue weighted by atomic mass is 10.00. The molecular weight excluding hydrogens is 238 g/mol. The van der Waals surface area contributed by atoms with Crippen LogP contribution >= 0.6 is 0 Å². The highest BCUT2D eigenvalue weighted by molar-refractivity contribution is 5.83. The zero-order valence-electron chi connectivity index (χ0n) is 11.4. The molecule has 0 bridgehead atoms.